The molecule has 2 atom stereocenters. The molecule has 0 amide bonds. The first-order valence-corrected chi connectivity index (χ1v) is 5.71. The Balaban J connectivity index is 2.20. The SMILES string of the molecule is C=C1C[C@H](C[NH2+]CC(C)C)O[C@@H](C)C1. The van der Waals surface area contributed by atoms with Gasteiger partial charge in [0.1, 0.15) is 12.6 Å². The zero-order valence-corrected chi connectivity index (χ0v) is 9.75. The van der Waals surface area contributed by atoms with Gasteiger partial charge < -0.3 is 10.1 Å². The van der Waals surface area contributed by atoms with E-state index in [1.165, 1.54) is 12.1 Å². The Morgan fingerprint density at radius 3 is 2.79 bits per heavy atom. The monoisotopic (exact) mass is 198 g/mol. The van der Waals surface area contributed by atoms with Crippen molar-refractivity contribution in [2.45, 2.75) is 45.8 Å². The van der Waals surface area contributed by atoms with Crippen LogP contribution in [0.5, 0.6) is 0 Å². The first-order valence-electron chi connectivity index (χ1n) is 5.71. The molecule has 1 rings (SSSR count). The summed E-state index contributed by atoms with van der Waals surface area (Å²) in [5, 5.41) is 2.36. The second kappa shape index (κ2) is 5.52. The lowest BCUT2D eigenvalue weighted by atomic mass is 10.00. The van der Waals surface area contributed by atoms with Gasteiger partial charge in [-0.25, -0.2) is 0 Å². The molecule has 0 aromatic heterocycles. The van der Waals surface area contributed by atoms with Gasteiger partial charge in [0.25, 0.3) is 0 Å². The summed E-state index contributed by atoms with van der Waals surface area (Å²) < 4.78 is 5.85. The summed E-state index contributed by atoms with van der Waals surface area (Å²) in [5.41, 5.74) is 1.35. The van der Waals surface area contributed by atoms with E-state index < -0.39 is 0 Å². The van der Waals surface area contributed by atoms with Crippen molar-refractivity contribution in [3.63, 3.8) is 0 Å². The van der Waals surface area contributed by atoms with Crippen LogP contribution < -0.4 is 5.32 Å². The standard InChI is InChI=1S/C12H23NO/c1-9(2)7-13-8-12-6-10(3)5-11(4)14-12/h9,11-13H,3,5-8H2,1-2,4H3/p+1/t11-,12+/m0/s1. The Hall–Kier alpha value is -0.340. The van der Waals surface area contributed by atoms with E-state index in [2.05, 4.69) is 32.7 Å². The van der Waals surface area contributed by atoms with Crippen LogP contribution in [-0.2, 0) is 4.74 Å². The number of quaternary nitrogens is 1. The maximum atomic E-state index is 5.85. The smallest absolute Gasteiger partial charge is 0.110 e. The fourth-order valence-corrected chi connectivity index (χ4v) is 1.99. The molecule has 1 fully saturated rings. The molecular formula is C12H24NO+. The van der Waals surface area contributed by atoms with Crippen molar-refractivity contribution in [3.05, 3.63) is 12.2 Å². The van der Waals surface area contributed by atoms with Crippen molar-refractivity contribution in [1.82, 2.24) is 0 Å². The Morgan fingerprint density at radius 2 is 2.21 bits per heavy atom. The third-order valence-electron chi connectivity index (χ3n) is 2.58. The molecule has 2 N–H and O–H groups in total. The van der Waals surface area contributed by atoms with Gasteiger partial charge in [-0.1, -0.05) is 26.0 Å². The molecule has 2 heteroatoms. The van der Waals surface area contributed by atoms with Gasteiger partial charge in [-0.2, -0.15) is 0 Å². The van der Waals surface area contributed by atoms with Crippen molar-refractivity contribution in [2.24, 2.45) is 5.92 Å². The quantitative estimate of drug-likeness (QED) is 0.678. The lowest BCUT2D eigenvalue weighted by molar-refractivity contribution is -0.666. The molecular weight excluding hydrogens is 174 g/mol. The lowest BCUT2D eigenvalue weighted by Gasteiger charge is -2.28. The highest BCUT2D eigenvalue weighted by Gasteiger charge is 2.22. The van der Waals surface area contributed by atoms with E-state index in [1.807, 2.05) is 0 Å². The number of hydrogen-bond acceptors (Lipinski definition) is 1. The molecule has 1 aliphatic rings. The third kappa shape index (κ3) is 4.25. The molecule has 0 aromatic carbocycles. The van der Waals surface area contributed by atoms with Crippen LogP contribution in [0.2, 0.25) is 0 Å². The molecule has 0 aliphatic carbocycles. The molecule has 14 heavy (non-hydrogen) atoms. The molecule has 2 nitrogen and oxygen atoms in total. The highest BCUT2D eigenvalue weighted by Crippen LogP contribution is 2.21. The van der Waals surface area contributed by atoms with Crippen LogP contribution in [0.4, 0.5) is 0 Å². The summed E-state index contributed by atoms with van der Waals surface area (Å²) in [6, 6.07) is 0. The number of rotatable bonds is 4. The average molecular weight is 198 g/mol. The van der Waals surface area contributed by atoms with Gasteiger partial charge in [-0.15, -0.1) is 0 Å². The maximum absolute atomic E-state index is 5.85. The zero-order valence-electron chi connectivity index (χ0n) is 9.75. The van der Waals surface area contributed by atoms with Gasteiger partial charge in [0.05, 0.1) is 12.6 Å². The van der Waals surface area contributed by atoms with E-state index in [0.29, 0.717) is 12.2 Å². The first-order chi connectivity index (χ1) is 6.58. The summed E-state index contributed by atoms with van der Waals surface area (Å²) >= 11 is 0. The van der Waals surface area contributed by atoms with Crippen molar-refractivity contribution in [1.29, 1.82) is 0 Å². The highest BCUT2D eigenvalue weighted by atomic mass is 16.5. The van der Waals surface area contributed by atoms with Crippen LogP contribution >= 0.6 is 0 Å². The van der Waals surface area contributed by atoms with Gasteiger partial charge in [0.2, 0.25) is 0 Å². The Labute approximate surface area is 87.7 Å². The van der Waals surface area contributed by atoms with Crippen LogP contribution in [0, 0.1) is 5.92 Å². The van der Waals surface area contributed by atoms with E-state index in [4.69, 9.17) is 4.74 Å². The molecule has 82 valence electrons. The average Bonchev–Trinajstić information content (AvgIpc) is 2.01. The fraction of sp³-hybridized carbons (Fsp3) is 0.833. The highest BCUT2D eigenvalue weighted by molar-refractivity contribution is 5.01. The Morgan fingerprint density at radius 1 is 1.50 bits per heavy atom. The predicted molar refractivity (Wildman–Crippen MR) is 59.2 cm³/mol. The van der Waals surface area contributed by atoms with Crippen molar-refractivity contribution in [2.75, 3.05) is 13.1 Å². The van der Waals surface area contributed by atoms with E-state index in [-0.39, 0.29) is 0 Å². The van der Waals surface area contributed by atoms with Gasteiger partial charge in [0, 0.05) is 5.92 Å². The molecule has 0 unspecified atom stereocenters. The molecule has 0 aromatic rings. The molecule has 1 aliphatic heterocycles. The minimum Gasteiger partial charge on any atom is -0.369 e. The van der Waals surface area contributed by atoms with Crippen molar-refractivity contribution < 1.29 is 10.1 Å². The van der Waals surface area contributed by atoms with Crippen molar-refractivity contribution >= 4 is 0 Å². The molecule has 1 saturated heterocycles. The van der Waals surface area contributed by atoms with E-state index in [1.54, 1.807) is 0 Å². The Bertz CT molecular complexity index is 189. The van der Waals surface area contributed by atoms with E-state index in [9.17, 15) is 0 Å². The van der Waals surface area contributed by atoms with Crippen LogP contribution in [0.3, 0.4) is 0 Å². The van der Waals surface area contributed by atoms with Crippen molar-refractivity contribution in [3.8, 4) is 0 Å². The van der Waals surface area contributed by atoms with Gasteiger partial charge >= 0.3 is 0 Å². The second-order valence-electron chi connectivity index (χ2n) is 4.88. The summed E-state index contributed by atoms with van der Waals surface area (Å²) in [6.07, 6.45) is 2.86. The van der Waals surface area contributed by atoms with Gasteiger partial charge in [-0.3, -0.25) is 0 Å². The first kappa shape index (κ1) is 11.7. The lowest BCUT2D eigenvalue weighted by Crippen LogP contribution is -2.87. The second-order valence-corrected chi connectivity index (χ2v) is 4.88. The summed E-state index contributed by atoms with van der Waals surface area (Å²) in [7, 11) is 0. The number of ether oxygens (including phenoxy) is 1. The summed E-state index contributed by atoms with van der Waals surface area (Å²) in [4.78, 5) is 0. The minimum atomic E-state index is 0.369. The number of hydrogen-bond donors (Lipinski definition) is 1. The zero-order chi connectivity index (χ0) is 10.6. The molecule has 0 saturated carbocycles. The molecule has 0 bridgehead atoms. The third-order valence-corrected chi connectivity index (χ3v) is 2.58. The van der Waals surface area contributed by atoms with Crippen LogP contribution in [0.15, 0.2) is 12.2 Å². The fourth-order valence-electron chi connectivity index (χ4n) is 1.99. The topological polar surface area (TPSA) is 25.8 Å². The molecule has 0 radical (unpaired) electrons. The van der Waals surface area contributed by atoms with E-state index in [0.717, 1.165) is 25.3 Å². The van der Waals surface area contributed by atoms with E-state index >= 15 is 0 Å². The van der Waals surface area contributed by atoms with Crippen LogP contribution in [-0.4, -0.2) is 25.3 Å². The molecule has 1 heterocycles. The van der Waals surface area contributed by atoms with Gasteiger partial charge in [0.15, 0.2) is 0 Å². The van der Waals surface area contributed by atoms with Crippen LogP contribution in [0.1, 0.15) is 33.6 Å². The van der Waals surface area contributed by atoms with Crippen LogP contribution in [0.25, 0.3) is 0 Å². The summed E-state index contributed by atoms with van der Waals surface area (Å²) in [6.45, 7) is 13.0. The predicted octanol–water partition coefficient (Wildman–Crippen LogP) is 1.33. The van der Waals surface area contributed by atoms with Gasteiger partial charge in [-0.05, 0) is 19.8 Å². The largest absolute Gasteiger partial charge is 0.369 e. The summed E-state index contributed by atoms with van der Waals surface area (Å²) in [5.74, 6) is 0.763. The minimum absolute atomic E-state index is 0.369. The Kier molecular flexibility index (Phi) is 4.63. The normalized spacial score (nSPS) is 28.4. The molecule has 0 spiro atoms. The number of nitrogens with two attached hydrogens (primary N) is 1. The maximum Gasteiger partial charge on any atom is 0.110 e.